The van der Waals surface area contributed by atoms with E-state index in [0.717, 1.165) is 24.9 Å². The molecule has 0 radical (unpaired) electrons. The highest BCUT2D eigenvalue weighted by atomic mass is 16.1. The van der Waals surface area contributed by atoms with Gasteiger partial charge in [0.05, 0.1) is 11.3 Å². The van der Waals surface area contributed by atoms with E-state index in [-0.39, 0.29) is 0 Å². The molecule has 60 valence electrons. The fraction of sp³-hybridized carbons (Fsp3) is 0.500. The number of aromatic nitrogens is 2. The monoisotopic (exact) mass is 152 g/mol. The molecular weight excluding hydrogens is 140 g/mol. The average molecular weight is 152 g/mol. The van der Waals surface area contributed by atoms with E-state index >= 15 is 0 Å². The number of nitrogens with zero attached hydrogens (tertiary/aromatic N) is 2. The summed E-state index contributed by atoms with van der Waals surface area (Å²) in [6.07, 6.45) is 3.67. The first-order chi connectivity index (χ1) is 5.27. The molecule has 3 heteroatoms. The molecule has 0 spiro atoms. The standard InChI is InChI=1S/C8H12N2O/c1-3-4-10-5-8(6-11)7(2)9-10/h5-6H,3-4H2,1-2H3. The van der Waals surface area contributed by atoms with Gasteiger partial charge in [-0.25, -0.2) is 0 Å². The summed E-state index contributed by atoms with van der Waals surface area (Å²) in [5.41, 5.74) is 1.51. The van der Waals surface area contributed by atoms with Crippen LogP contribution in [0.25, 0.3) is 0 Å². The van der Waals surface area contributed by atoms with Crippen LogP contribution in [-0.4, -0.2) is 16.1 Å². The normalized spacial score (nSPS) is 10.0. The van der Waals surface area contributed by atoms with Gasteiger partial charge in [0.1, 0.15) is 0 Å². The van der Waals surface area contributed by atoms with E-state index in [4.69, 9.17) is 0 Å². The molecule has 0 aliphatic carbocycles. The topological polar surface area (TPSA) is 34.9 Å². The van der Waals surface area contributed by atoms with Gasteiger partial charge in [-0.15, -0.1) is 0 Å². The highest BCUT2D eigenvalue weighted by Gasteiger charge is 2.01. The van der Waals surface area contributed by atoms with Gasteiger partial charge in [0.2, 0.25) is 0 Å². The summed E-state index contributed by atoms with van der Waals surface area (Å²) in [6.45, 7) is 4.81. The van der Waals surface area contributed by atoms with Crippen LogP contribution in [0.15, 0.2) is 6.20 Å². The van der Waals surface area contributed by atoms with Crippen LogP contribution in [0.3, 0.4) is 0 Å². The SMILES string of the molecule is CCCn1cc(C=O)c(C)n1. The van der Waals surface area contributed by atoms with Crippen molar-refractivity contribution in [2.45, 2.75) is 26.8 Å². The summed E-state index contributed by atoms with van der Waals surface area (Å²) in [6, 6.07) is 0. The van der Waals surface area contributed by atoms with Crippen molar-refractivity contribution in [3.05, 3.63) is 17.5 Å². The third-order valence-corrected chi connectivity index (χ3v) is 1.56. The maximum absolute atomic E-state index is 10.4. The zero-order valence-corrected chi connectivity index (χ0v) is 6.87. The molecular formula is C8H12N2O. The summed E-state index contributed by atoms with van der Waals surface area (Å²) in [4.78, 5) is 10.4. The molecule has 0 aromatic carbocycles. The van der Waals surface area contributed by atoms with E-state index in [9.17, 15) is 4.79 Å². The largest absolute Gasteiger partial charge is 0.298 e. The lowest BCUT2D eigenvalue weighted by atomic mass is 10.3. The van der Waals surface area contributed by atoms with E-state index in [1.54, 1.807) is 10.9 Å². The van der Waals surface area contributed by atoms with E-state index in [1.807, 2.05) is 6.92 Å². The Bertz CT molecular complexity index is 253. The van der Waals surface area contributed by atoms with E-state index in [2.05, 4.69) is 12.0 Å². The predicted octanol–water partition coefficient (Wildman–Crippen LogP) is 1.41. The summed E-state index contributed by atoms with van der Waals surface area (Å²) >= 11 is 0. The Hall–Kier alpha value is -1.12. The highest BCUT2D eigenvalue weighted by molar-refractivity contribution is 5.75. The third kappa shape index (κ3) is 1.67. The molecule has 0 aliphatic rings. The molecule has 1 aromatic rings. The smallest absolute Gasteiger partial charge is 0.153 e. The number of aryl methyl sites for hydroxylation is 2. The second-order valence-electron chi connectivity index (χ2n) is 2.55. The van der Waals surface area contributed by atoms with Gasteiger partial charge < -0.3 is 0 Å². The Balaban J connectivity index is 2.86. The number of hydrogen-bond donors (Lipinski definition) is 0. The molecule has 1 aromatic heterocycles. The van der Waals surface area contributed by atoms with Crippen molar-refractivity contribution in [2.24, 2.45) is 0 Å². The van der Waals surface area contributed by atoms with Crippen molar-refractivity contribution >= 4 is 6.29 Å². The molecule has 0 saturated carbocycles. The van der Waals surface area contributed by atoms with Crippen molar-refractivity contribution in [1.29, 1.82) is 0 Å². The number of aldehydes is 1. The average Bonchev–Trinajstić information content (AvgIpc) is 2.32. The first-order valence-corrected chi connectivity index (χ1v) is 3.77. The van der Waals surface area contributed by atoms with Gasteiger partial charge in [0.15, 0.2) is 6.29 Å². The third-order valence-electron chi connectivity index (χ3n) is 1.56. The molecule has 0 saturated heterocycles. The van der Waals surface area contributed by atoms with Crippen LogP contribution in [0.2, 0.25) is 0 Å². The molecule has 0 unspecified atom stereocenters. The summed E-state index contributed by atoms with van der Waals surface area (Å²) < 4.78 is 1.80. The second kappa shape index (κ2) is 3.32. The number of hydrogen-bond acceptors (Lipinski definition) is 2. The van der Waals surface area contributed by atoms with Gasteiger partial charge in [0, 0.05) is 12.7 Å². The number of rotatable bonds is 3. The molecule has 1 rings (SSSR count). The van der Waals surface area contributed by atoms with Crippen molar-refractivity contribution in [2.75, 3.05) is 0 Å². The van der Waals surface area contributed by atoms with Gasteiger partial charge in [-0.2, -0.15) is 5.10 Å². The molecule has 0 fully saturated rings. The molecule has 0 bridgehead atoms. The minimum atomic E-state index is 0.693. The van der Waals surface area contributed by atoms with Crippen LogP contribution in [-0.2, 0) is 6.54 Å². The van der Waals surface area contributed by atoms with Crippen molar-refractivity contribution in [3.8, 4) is 0 Å². The van der Waals surface area contributed by atoms with Gasteiger partial charge in [-0.05, 0) is 13.3 Å². The maximum Gasteiger partial charge on any atom is 0.153 e. The van der Waals surface area contributed by atoms with Gasteiger partial charge in [0.25, 0.3) is 0 Å². The van der Waals surface area contributed by atoms with Gasteiger partial charge >= 0.3 is 0 Å². The summed E-state index contributed by atoms with van der Waals surface area (Å²) in [5.74, 6) is 0. The fourth-order valence-corrected chi connectivity index (χ4v) is 0.993. The lowest BCUT2D eigenvalue weighted by Crippen LogP contribution is -1.96. The Labute approximate surface area is 66.0 Å². The van der Waals surface area contributed by atoms with Crippen molar-refractivity contribution in [1.82, 2.24) is 9.78 Å². The fourth-order valence-electron chi connectivity index (χ4n) is 0.993. The van der Waals surface area contributed by atoms with Crippen molar-refractivity contribution in [3.63, 3.8) is 0 Å². The van der Waals surface area contributed by atoms with Crippen LogP contribution >= 0.6 is 0 Å². The Morgan fingerprint density at radius 3 is 2.91 bits per heavy atom. The lowest BCUT2D eigenvalue weighted by molar-refractivity contribution is 0.112. The molecule has 0 aliphatic heterocycles. The molecule has 0 amide bonds. The van der Waals surface area contributed by atoms with E-state index in [1.165, 1.54) is 0 Å². The summed E-state index contributed by atoms with van der Waals surface area (Å²) in [7, 11) is 0. The van der Waals surface area contributed by atoms with Crippen LogP contribution in [0.5, 0.6) is 0 Å². The second-order valence-corrected chi connectivity index (χ2v) is 2.55. The molecule has 11 heavy (non-hydrogen) atoms. The van der Waals surface area contributed by atoms with Crippen LogP contribution in [0.1, 0.15) is 29.4 Å². The van der Waals surface area contributed by atoms with Crippen molar-refractivity contribution < 1.29 is 4.79 Å². The predicted molar refractivity (Wildman–Crippen MR) is 42.6 cm³/mol. The molecule has 0 atom stereocenters. The van der Waals surface area contributed by atoms with E-state index in [0.29, 0.717) is 5.56 Å². The quantitative estimate of drug-likeness (QED) is 0.614. The first-order valence-electron chi connectivity index (χ1n) is 3.77. The lowest BCUT2D eigenvalue weighted by Gasteiger charge is -1.93. The molecule has 1 heterocycles. The minimum Gasteiger partial charge on any atom is -0.298 e. The first kappa shape index (κ1) is 7.98. The number of carbonyl (C=O) groups excluding carboxylic acids is 1. The van der Waals surface area contributed by atoms with Crippen LogP contribution in [0.4, 0.5) is 0 Å². The Kier molecular flexibility index (Phi) is 2.41. The molecule has 3 nitrogen and oxygen atoms in total. The minimum absolute atomic E-state index is 0.693. The highest BCUT2D eigenvalue weighted by Crippen LogP contribution is 2.02. The van der Waals surface area contributed by atoms with Gasteiger partial charge in [-0.3, -0.25) is 9.48 Å². The Morgan fingerprint density at radius 2 is 2.45 bits per heavy atom. The van der Waals surface area contributed by atoms with Crippen LogP contribution < -0.4 is 0 Å². The zero-order chi connectivity index (χ0) is 8.27. The summed E-state index contributed by atoms with van der Waals surface area (Å²) in [5, 5.41) is 4.16. The maximum atomic E-state index is 10.4. The molecule has 0 N–H and O–H groups in total. The van der Waals surface area contributed by atoms with E-state index < -0.39 is 0 Å². The Morgan fingerprint density at radius 1 is 1.73 bits per heavy atom. The van der Waals surface area contributed by atoms with Crippen LogP contribution in [0, 0.1) is 6.92 Å². The zero-order valence-electron chi connectivity index (χ0n) is 6.87. The van der Waals surface area contributed by atoms with Gasteiger partial charge in [-0.1, -0.05) is 6.92 Å². The number of carbonyl (C=O) groups is 1.